The van der Waals surface area contributed by atoms with E-state index < -0.39 is 9.84 Å². The quantitative estimate of drug-likeness (QED) is 0.717. The lowest BCUT2D eigenvalue weighted by Gasteiger charge is -2.16. The Morgan fingerprint density at radius 1 is 1.24 bits per heavy atom. The molecule has 8 heteroatoms. The number of pyridine rings is 1. The van der Waals surface area contributed by atoms with Crippen LogP contribution >= 0.6 is 22.9 Å². The van der Waals surface area contributed by atoms with Gasteiger partial charge >= 0.3 is 0 Å². The van der Waals surface area contributed by atoms with Crippen LogP contribution in [0.2, 0.25) is 5.02 Å². The molecule has 3 aromatic rings. The number of carbonyl (C=O) groups is 1. The van der Waals surface area contributed by atoms with E-state index in [1.165, 1.54) is 17.4 Å². The highest BCUT2D eigenvalue weighted by atomic mass is 35.5. The minimum absolute atomic E-state index is 0.133. The second-order valence-corrected chi connectivity index (χ2v) is 9.01. The highest BCUT2D eigenvalue weighted by Crippen LogP contribution is 2.43. The summed E-state index contributed by atoms with van der Waals surface area (Å²) in [6, 6.07) is 9.90. The topological polar surface area (TPSA) is 76.1 Å². The third-order valence-electron chi connectivity index (χ3n) is 3.82. The lowest BCUT2D eigenvalue weighted by atomic mass is 10.1. The normalized spacial score (nSPS) is 14.4. The highest BCUT2D eigenvalue weighted by molar-refractivity contribution is 7.91. The van der Waals surface area contributed by atoms with Crippen LogP contribution in [0.15, 0.2) is 53.7 Å². The van der Waals surface area contributed by atoms with Crippen molar-refractivity contribution in [1.82, 2.24) is 4.98 Å². The maximum Gasteiger partial charge on any atom is 0.265 e. The molecule has 2 aromatic heterocycles. The average molecular weight is 391 g/mol. The van der Waals surface area contributed by atoms with Gasteiger partial charge in [0.1, 0.15) is 0 Å². The van der Waals surface area contributed by atoms with Crippen LogP contribution in [0.25, 0.3) is 10.4 Å². The highest BCUT2D eigenvalue weighted by Gasteiger charge is 2.31. The molecule has 1 N–H and O–H groups in total. The summed E-state index contributed by atoms with van der Waals surface area (Å²) in [5.41, 5.74) is 1.81. The van der Waals surface area contributed by atoms with Crippen molar-refractivity contribution in [2.24, 2.45) is 0 Å². The van der Waals surface area contributed by atoms with E-state index in [9.17, 15) is 13.2 Å². The lowest BCUT2D eigenvalue weighted by molar-refractivity contribution is 0.103. The first-order valence-electron chi connectivity index (χ1n) is 7.31. The first-order chi connectivity index (χ1) is 11.9. The Kier molecular flexibility index (Phi) is 3.87. The van der Waals surface area contributed by atoms with Gasteiger partial charge in [-0.25, -0.2) is 8.42 Å². The Morgan fingerprint density at radius 3 is 2.84 bits per heavy atom. The van der Waals surface area contributed by atoms with Crippen LogP contribution in [0.1, 0.15) is 15.2 Å². The molecule has 0 radical (unpaired) electrons. The van der Waals surface area contributed by atoms with Crippen molar-refractivity contribution in [2.45, 2.75) is 10.6 Å². The summed E-state index contributed by atoms with van der Waals surface area (Å²) in [6.07, 6.45) is 3.17. The molecule has 0 saturated carbocycles. The van der Waals surface area contributed by atoms with Crippen LogP contribution in [0.3, 0.4) is 0 Å². The van der Waals surface area contributed by atoms with Crippen molar-refractivity contribution in [3.05, 3.63) is 64.3 Å². The summed E-state index contributed by atoms with van der Waals surface area (Å²) < 4.78 is 25.0. The molecule has 1 aromatic carbocycles. The molecule has 0 spiro atoms. The fraction of sp³-hybridized carbons (Fsp3) is 0.0588. The molecule has 0 saturated heterocycles. The van der Waals surface area contributed by atoms with Crippen molar-refractivity contribution in [2.75, 3.05) is 5.32 Å². The molecule has 1 aliphatic rings. The minimum Gasteiger partial charge on any atom is -0.320 e. The van der Waals surface area contributed by atoms with E-state index >= 15 is 0 Å². The SMILES string of the molecule is O=C(Nc1cccnc1)c1cc2c(s1)-c1ccc(Cl)cc1S(=O)(=O)C2. The molecular weight excluding hydrogens is 380 g/mol. The second-order valence-electron chi connectivity index (χ2n) is 5.56. The molecule has 0 aliphatic carbocycles. The van der Waals surface area contributed by atoms with Crippen LogP contribution in [0.4, 0.5) is 5.69 Å². The number of anilines is 1. The van der Waals surface area contributed by atoms with E-state index in [1.807, 2.05) is 0 Å². The molecule has 0 fully saturated rings. The Morgan fingerprint density at radius 2 is 2.08 bits per heavy atom. The molecule has 0 atom stereocenters. The second kappa shape index (κ2) is 5.94. The van der Waals surface area contributed by atoms with Crippen molar-refractivity contribution in [3.63, 3.8) is 0 Å². The zero-order valence-electron chi connectivity index (χ0n) is 12.7. The summed E-state index contributed by atoms with van der Waals surface area (Å²) in [4.78, 5) is 17.9. The van der Waals surface area contributed by atoms with Crippen LogP contribution in [0, 0.1) is 0 Å². The number of fused-ring (bicyclic) bond motifs is 3. The van der Waals surface area contributed by atoms with E-state index in [1.54, 1.807) is 42.7 Å². The summed E-state index contributed by atoms with van der Waals surface area (Å²) >= 11 is 7.22. The number of hydrogen-bond acceptors (Lipinski definition) is 5. The molecule has 5 nitrogen and oxygen atoms in total. The number of carbonyl (C=O) groups excluding carboxylic acids is 1. The summed E-state index contributed by atoms with van der Waals surface area (Å²) in [5, 5.41) is 3.13. The van der Waals surface area contributed by atoms with Crippen molar-refractivity contribution < 1.29 is 13.2 Å². The van der Waals surface area contributed by atoms with Crippen LogP contribution < -0.4 is 5.32 Å². The van der Waals surface area contributed by atoms with Gasteiger partial charge in [-0.2, -0.15) is 0 Å². The predicted octanol–water partition coefficient (Wildman–Crippen LogP) is 4.00. The molecule has 1 amide bonds. The fourth-order valence-corrected chi connectivity index (χ4v) is 5.84. The van der Waals surface area contributed by atoms with Crippen molar-refractivity contribution in [1.29, 1.82) is 0 Å². The van der Waals surface area contributed by atoms with Crippen LogP contribution in [-0.4, -0.2) is 19.3 Å². The van der Waals surface area contributed by atoms with E-state index in [2.05, 4.69) is 10.3 Å². The standard InChI is InChI=1S/C17H11ClN2O3S2/c18-11-3-4-13-15(7-11)25(22,23)9-10-6-14(24-16(10)13)17(21)20-12-2-1-5-19-8-12/h1-8H,9H2,(H,20,21). The van der Waals surface area contributed by atoms with Gasteiger partial charge in [-0.05, 0) is 35.9 Å². The summed E-state index contributed by atoms with van der Waals surface area (Å²) in [7, 11) is -3.47. The number of nitrogens with zero attached hydrogens (tertiary/aromatic N) is 1. The first-order valence-corrected chi connectivity index (χ1v) is 10.2. The largest absolute Gasteiger partial charge is 0.320 e. The summed E-state index contributed by atoms with van der Waals surface area (Å²) in [5.74, 6) is -0.424. The Hall–Kier alpha value is -2.22. The maximum absolute atomic E-state index is 12.5. The summed E-state index contributed by atoms with van der Waals surface area (Å²) in [6.45, 7) is 0. The third-order valence-corrected chi connectivity index (χ3v) is 6.96. The van der Waals surface area contributed by atoms with Gasteiger partial charge in [0.05, 0.1) is 27.4 Å². The molecule has 126 valence electrons. The van der Waals surface area contributed by atoms with E-state index in [0.717, 1.165) is 4.88 Å². The molecule has 1 aliphatic heterocycles. The minimum atomic E-state index is -3.47. The number of amides is 1. The van der Waals surface area contributed by atoms with Crippen molar-refractivity contribution >= 4 is 44.4 Å². The van der Waals surface area contributed by atoms with Crippen LogP contribution in [-0.2, 0) is 15.6 Å². The number of thiophene rings is 1. The monoisotopic (exact) mass is 390 g/mol. The van der Waals surface area contributed by atoms with Gasteiger partial charge in [0.2, 0.25) is 0 Å². The van der Waals surface area contributed by atoms with Gasteiger partial charge in [-0.1, -0.05) is 17.7 Å². The number of nitrogens with one attached hydrogen (secondary N) is 1. The smallest absolute Gasteiger partial charge is 0.265 e. The predicted molar refractivity (Wildman–Crippen MR) is 97.8 cm³/mol. The van der Waals surface area contributed by atoms with E-state index in [4.69, 9.17) is 11.6 Å². The number of halogens is 1. The Labute approximate surface area is 153 Å². The number of hydrogen-bond donors (Lipinski definition) is 1. The number of benzene rings is 1. The van der Waals surface area contributed by atoms with Crippen LogP contribution in [0.5, 0.6) is 0 Å². The molecule has 25 heavy (non-hydrogen) atoms. The van der Waals surface area contributed by atoms with Gasteiger partial charge in [-0.15, -0.1) is 11.3 Å². The Balaban J connectivity index is 1.75. The van der Waals surface area contributed by atoms with Gasteiger partial charge in [0, 0.05) is 21.7 Å². The van der Waals surface area contributed by atoms with Gasteiger partial charge in [0.15, 0.2) is 9.84 Å². The lowest BCUT2D eigenvalue weighted by Crippen LogP contribution is -2.11. The van der Waals surface area contributed by atoms with E-state index in [-0.39, 0.29) is 16.6 Å². The average Bonchev–Trinajstić information content (AvgIpc) is 2.99. The molecule has 4 rings (SSSR count). The molecule has 3 heterocycles. The fourth-order valence-electron chi connectivity index (χ4n) is 2.73. The van der Waals surface area contributed by atoms with Gasteiger partial charge in [-0.3, -0.25) is 9.78 Å². The number of rotatable bonds is 2. The zero-order valence-corrected chi connectivity index (χ0v) is 15.1. The Bertz CT molecular complexity index is 1090. The van der Waals surface area contributed by atoms with Gasteiger partial charge in [0.25, 0.3) is 5.91 Å². The zero-order chi connectivity index (χ0) is 17.6. The van der Waals surface area contributed by atoms with E-state index in [0.29, 0.717) is 26.7 Å². The maximum atomic E-state index is 12.5. The van der Waals surface area contributed by atoms with Gasteiger partial charge < -0.3 is 5.32 Å². The first kappa shape index (κ1) is 16.3. The third kappa shape index (κ3) is 2.95. The molecular formula is C17H11ClN2O3S2. The molecule has 0 bridgehead atoms. The molecule has 0 unspecified atom stereocenters. The number of aromatic nitrogens is 1. The number of sulfone groups is 1. The van der Waals surface area contributed by atoms with Crippen molar-refractivity contribution in [3.8, 4) is 10.4 Å².